The minimum atomic E-state index is -0.804. The summed E-state index contributed by atoms with van der Waals surface area (Å²) in [6, 6.07) is -0.804. The molecule has 0 radical (unpaired) electrons. The fourth-order valence-corrected chi connectivity index (χ4v) is 1.26. The van der Waals surface area contributed by atoms with Crippen molar-refractivity contribution in [2.45, 2.75) is 13.3 Å². The molecule has 0 fully saturated rings. The molecule has 0 aliphatic heterocycles. The summed E-state index contributed by atoms with van der Waals surface area (Å²) in [7, 11) is 0. The second kappa shape index (κ2) is 4.08. The highest BCUT2D eigenvalue weighted by molar-refractivity contribution is 5.79. The highest BCUT2D eigenvalue weighted by Crippen LogP contribution is 2.15. The molecule has 0 unspecified atom stereocenters. The number of rotatable bonds is 2. The van der Waals surface area contributed by atoms with E-state index in [1.165, 1.54) is 12.4 Å². The molecule has 0 atom stereocenters. The number of hydrogen-bond acceptors (Lipinski definition) is 7. The molecule has 2 heterocycles. The Kier molecular flexibility index (Phi) is 2.60. The Morgan fingerprint density at radius 3 is 2.82 bits per heavy atom. The van der Waals surface area contributed by atoms with Crippen LogP contribution in [0.4, 0.5) is 10.6 Å². The van der Waals surface area contributed by atoms with E-state index in [0.717, 1.165) is 4.68 Å². The fraction of sp³-hybridized carbons (Fsp3) is 0.286. The molecule has 88 valence electrons. The van der Waals surface area contributed by atoms with E-state index in [9.17, 15) is 14.9 Å². The van der Waals surface area contributed by atoms with Gasteiger partial charge in [-0.25, -0.2) is 4.79 Å². The molecule has 17 heavy (non-hydrogen) atoms. The van der Waals surface area contributed by atoms with Gasteiger partial charge in [-0.05, 0) is 16.0 Å². The first-order valence-electron chi connectivity index (χ1n) is 4.65. The van der Waals surface area contributed by atoms with Crippen LogP contribution in [0.2, 0.25) is 0 Å². The molecule has 0 saturated carbocycles. The average Bonchev–Trinajstić information content (AvgIpc) is 2.96. The normalized spacial score (nSPS) is 10.4. The van der Waals surface area contributed by atoms with Gasteiger partial charge in [-0.15, -0.1) is 14.9 Å². The number of nitrogens with zero attached hydrogens (tertiary/aromatic N) is 7. The van der Waals surface area contributed by atoms with Gasteiger partial charge in [0.15, 0.2) is 5.69 Å². The number of carbonyl (C=O) groups excluding carboxylic acids is 1. The zero-order valence-electron chi connectivity index (χ0n) is 8.72. The SMILES string of the molecule is CCc1nnn(C(=O)n2ccnn2)c1[N+](=O)[O-]. The molecule has 0 aliphatic rings. The smallest absolute Gasteiger partial charge is 0.358 e. The number of carbonyl (C=O) groups is 1. The summed E-state index contributed by atoms with van der Waals surface area (Å²) in [5.41, 5.74) is 0.142. The lowest BCUT2D eigenvalue weighted by Gasteiger charge is -1.96. The van der Waals surface area contributed by atoms with Gasteiger partial charge in [0.25, 0.3) is 0 Å². The summed E-state index contributed by atoms with van der Waals surface area (Å²) < 4.78 is 1.43. The minimum absolute atomic E-state index is 0.142. The largest absolute Gasteiger partial charge is 0.464 e. The zero-order valence-corrected chi connectivity index (χ0v) is 8.72. The molecule has 0 aliphatic carbocycles. The van der Waals surface area contributed by atoms with Gasteiger partial charge in [0.05, 0.1) is 12.4 Å². The molecule has 2 aromatic heterocycles. The van der Waals surface area contributed by atoms with Crippen molar-refractivity contribution in [3.8, 4) is 0 Å². The first-order valence-corrected chi connectivity index (χ1v) is 4.65. The third kappa shape index (κ3) is 1.75. The maximum atomic E-state index is 11.8. The van der Waals surface area contributed by atoms with E-state index in [1.807, 2.05) is 0 Å². The molecule has 2 rings (SSSR count). The zero-order chi connectivity index (χ0) is 12.4. The van der Waals surface area contributed by atoms with E-state index in [1.54, 1.807) is 6.92 Å². The molecule has 0 amide bonds. The van der Waals surface area contributed by atoms with Gasteiger partial charge in [0.1, 0.15) is 0 Å². The van der Waals surface area contributed by atoms with Crippen molar-refractivity contribution in [2.24, 2.45) is 0 Å². The lowest BCUT2D eigenvalue weighted by molar-refractivity contribution is -0.392. The Bertz CT molecular complexity index is 558. The first kappa shape index (κ1) is 10.9. The maximum absolute atomic E-state index is 11.8. The Morgan fingerprint density at radius 1 is 1.53 bits per heavy atom. The van der Waals surface area contributed by atoms with E-state index >= 15 is 0 Å². The summed E-state index contributed by atoms with van der Waals surface area (Å²) in [4.78, 5) is 21.9. The summed E-state index contributed by atoms with van der Waals surface area (Å²) in [5, 5.41) is 24.7. The molecule has 0 aromatic carbocycles. The lowest BCUT2D eigenvalue weighted by atomic mass is 10.3. The molecular weight excluding hydrogens is 230 g/mol. The van der Waals surface area contributed by atoms with E-state index in [0.29, 0.717) is 11.1 Å². The number of nitro groups is 1. The van der Waals surface area contributed by atoms with Gasteiger partial charge in [-0.2, -0.15) is 0 Å². The monoisotopic (exact) mass is 237 g/mol. The lowest BCUT2D eigenvalue weighted by Crippen LogP contribution is -2.22. The van der Waals surface area contributed by atoms with Gasteiger partial charge >= 0.3 is 11.8 Å². The predicted octanol–water partition coefficient (Wildman–Crippen LogP) is -0.143. The predicted molar refractivity (Wildman–Crippen MR) is 52.3 cm³/mol. The van der Waals surface area contributed by atoms with Crippen molar-refractivity contribution in [3.63, 3.8) is 0 Å². The van der Waals surface area contributed by atoms with Gasteiger partial charge in [0, 0.05) is 5.21 Å². The third-order valence-electron chi connectivity index (χ3n) is 2.02. The van der Waals surface area contributed by atoms with Crippen molar-refractivity contribution >= 4 is 11.8 Å². The van der Waals surface area contributed by atoms with E-state index in [4.69, 9.17) is 0 Å². The molecule has 2 aromatic rings. The fourth-order valence-electron chi connectivity index (χ4n) is 1.26. The highest BCUT2D eigenvalue weighted by Gasteiger charge is 2.29. The summed E-state index contributed by atoms with van der Waals surface area (Å²) in [6.45, 7) is 1.68. The van der Waals surface area contributed by atoms with Gasteiger partial charge in [-0.3, -0.25) is 0 Å². The van der Waals surface area contributed by atoms with Crippen LogP contribution < -0.4 is 0 Å². The number of aromatic nitrogens is 6. The van der Waals surface area contributed by atoms with Crippen LogP contribution in [0, 0.1) is 10.1 Å². The topological polar surface area (TPSA) is 122 Å². The average molecular weight is 237 g/mol. The first-order chi connectivity index (χ1) is 8.15. The second-order valence-corrected chi connectivity index (χ2v) is 3.01. The Balaban J connectivity index is 2.49. The van der Waals surface area contributed by atoms with Crippen LogP contribution in [0.15, 0.2) is 12.4 Å². The molecule has 0 bridgehead atoms. The standard InChI is InChI=1S/C7H7N7O3/c1-2-5-6(14(16)17)13(11-9-5)7(15)12-4-3-8-10-12/h3-4H,2H2,1H3. The van der Waals surface area contributed by atoms with Crippen molar-refractivity contribution in [1.29, 1.82) is 0 Å². The van der Waals surface area contributed by atoms with E-state index in [-0.39, 0.29) is 5.69 Å². The summed E-state index contributed by atoms with van der Waals surface area (Å²) >= 11 is 0. The summed E-state index contributed by atoms with van der Waals surface area (Å²) in [5.74, 6) is -0.451. The number of hydrogen-bond donors (Lipinski definition) is 0. The quantitative estimate of drug-likeness (QED) is 0.526. The van der Waals surface area contributed by atoms with E-state index < -0.39 is 16.8 Å². The molecule has 0 N–H and O–H groups in total. The van der Waals surface area contributed by atoms with Crippen molar-refractivity contribution in [1.82, 2.24) is 30.0 Å². The van der Waals surface area contributed by atoms with Gasteiger partial charge < -0.3 is 10.1 Å². The highest BCUT2D eigenvalue weighted by atomic mass is 16.6. The number of aryl methyl sites for hydroxylation is 1. The third-order valence-corrected chi connectivity index (χ3v) is 2.02. The molecule has 10 nitrogen and oxygen atoms in total. The molecule has 0 saturated heterocycles. The molecule has 0 spiro atoms. The van der Waals surface area contributed by atoms with E-state index in [2.05, 4.69) is 20.6 Å². The minimum Gasteiger partial charge on any atom is -0.358 e. The van der Waals surface area contributed by atoms with Crippen molar-refractivity contribution in [2.75, 3.05) is 0 Å². The van der Waals surface area contributed by atoms with Crippen LogP contribution in [-0.2, 0) is 6.42 Å². The maximum Gasteiger partial charge on any atom is 0.464 e. The van der Waals surface area contributed by atoms with Crippen LogP contribution >= 0.6 is 0 Å². The Hall–Kier alpha value is -2.65. The van der Waals surface area contributed by atoms with Crippen molar-refractivity contribution in [3.05, 3.63) is 28.2 Å². The summed E-state index contributed by atoms with van der Waals surface area (Å²) in [6.07, 6.45) is 2.85. The van der Waals surface area contributed by atoms with Crippen LogP contribution in [0.1, 0.15) is 12.6 Å². The molecule has 10 heteroatoms. The molecular formula is C7H7N7O3. The van der Waals surface area contributed by atoms with Crippen molar-refractivity contribution < 1.29 is 9.72 Å². The Morgan fingerprint density at radius 2 is 2.29 bits per heavy atom. The van der Waals surface area contributed by atoms with Gasteiger partial charge in [-0.1, -0.05) is 12.1 Å². The van der Waals surface area contributed by atoms with Crippen LogP contribution in [0.5, 0.6) is 0 Å². The van der Waals surface area contributed by atoms with Gasteiger partial charge in [0.2, 0.25) is 0 Å². The van der Waals surface area contributed by atoms with Crippen LogP contribution in [0.25, 0.3) is 0 Å². The van der Waals surface area contributed by atoms with Crippen LogP contribution in [-0.4, -0.2) is 40.9 Å². The Labute approximate surface area is 94.0 Å². The van der Waals surface area contributed by atoms with Crippen LogP contribution in [0.3, 0.4) is 0 Å². The second-order valence-electron chi connectivity index (χ2n) is 3.01.